The summed E-state index contributed by atoms with van der Waals surface area (Å²) in [7, 11) is 3.56. The molecule has 146 valence electrons. The zero-order valence-corrected chi connectivity index (χ0v) is 16.7. The van der Waals surface area contributed by atoms with Crippen LogP contribution in [0.1, 0.15) is 59.5 Å². The highest BCUT2D eigenvalue weighted by atomic mass is 16.2. The molecule has 1 aromatic heterocycles. The SMILES string of the molecule is Cc1cc2c([nH]1)C1CCC(c3ccccc3)CC1[C@@H]1C(=O)N(N(C)C)C(=O)[C@H]21. The quantitative estimate of drug-likeness (QED) is 0.815. The van der Waals surface area contributed by atoms with Gasteiger partial charge in [-0.05, 0) is 55.2 Å². The van der Waals surface area contributed by atoms with Gasteiger partial charge >= 0.3 is 0 Å². The summed E-state index contributed by atoms with van der Waals surface area (Å²) in [5.41, 5.74) is 4.70. The Bertz CT molecular complexity index is 933. The van der Waals surface area contributed by atoms with Gasteiger partial charge in [-0.2, -0.15) is 0 Å². The molecular formula is C23H27N3O2. The summed E-state index contributed by atoms with van der Waals surface area (Å²) in [6, 6.07) is 12.7. The van der Waals surface area contributed by atoms with Crippen molar-refractivity contribution in [3.8, 4) is 0 Å². The van der Waals surface area contributed by atoms with E-state index in [-0.39, 0.29) is 29.6 Å². The highest BCUT2D eigenvalue weighted by Gasteiger charge is 2.59. The predicted molar refractivity (Wildman–Crippen MR) is 107 cm³/mol. The molecule has 3 unspecified atom stereocenters. The second-order valence-electron chi connectivity index (χ2n) is 8.85. The smallest absolute Gasteiger partial charge is 0.252 e. The molecule has 1 saturated heterocycles. The van der Waals surface area contributed by atoms with Gasteiger partial charge in [-0.15, -0.1) is 0 Å². The van der Waals surface area contributed by atoms with Crippen LogP contribution in [0, 0.1) is 18.8 Å². The van der Waals surface area contributed by atoms with E-state index in [1.54, 1.807) is 19.1 Å². The van der Waals surface area contributed by atoms with E-state index in [0.717, 1.165) is 30.5 Å². The minimum atomic E-state index is -0.342. The lowest BCUT2D eigenvalue weighted by Gasteiger charge is -2.43. The normalized spacial score (nSPS) is 31.7. The Morgan fingerprint density at radius 2 is 1.82 bits per heavy atom. The lowest BCUT2D eigenvalue weighted by Crippen LogP contribution is -2.43. The molecule has 2 fully saturated rings. The van der Waals surface area contributed by atoms with Crippen LogP contribution in [0.4, 0.5) is 0 Å². The Kier molecular flexibility index (Phi) is 3.98. The van der Waals surface area contributed by atoms with Crippen LogP contribution in [0.15, 0.2) is 36.4 Å². The summed E-state index contributed by atoms with van der Waals surface area (Å²) < 4.78 is 0. The van der Waals surface area contributed by atoms with Crippen LogP contribution in [0.2, 0.25) is 0 Å². The zero-order chi connectivity index (χ0) is 19.6. The fourth-order valence-electron chi connectivity index (χ4n) is 6.01. The van der Waals surface area contributed by atoms with Gasteiger partial charge in [0.2, 0.25) is 5.91 Å². The van der Waals surface area contributed by atoms with Gasteiger partial charge in [-0.3, -0.25) is 9.59 Å². The molecule has 2 amide bonds. The molecule has 1 saturated carbocycles. The Morgan fingerprint density at radius 1 is 1.07 bits per heavy atom. The first kappa shape index (κ1) is 17.7. The van der Waals surface area contributed by atoms with E-state index >= 15 is 0 Å². The number of aromatic nitrogens is 1. The van der Waals surface area contributed by atoms with Gasteiger partial charge in [0.1, 0.15) is 0 Å². The standard InChI is InChI=1S/C23H27N3O2/c1-13-11-18-20-19(22(27)26(23(20)28)25(2)3)17-12-15(14-7-5-4-6-8-14)9-10-16(17)21(18)24-13/h4-8,11,15-17,19-20,24H,9-10,12H2,1-3H3/t15?,16?,17?,19-,20+/m0/s1. The summed E-state index contributed by atoms with van der Waals surface area (Å²) in [6.45, 7) is 2.04. The number of imide groups is 1. The van der Waals surface area contributed by atoms with Gasteiger partial charge in [0.25, 0.3) is 5.91 Å². The van der Waals surface area contributed by atoms with Crippen LogP contribution in [0.3, 0.4) is 0 Å². The highest BCUT2D eigenvalue weighted by Crippen LogP contribution is 2.57. The van der Waals surface area contributed by atoms with Crippen LogP contribution >= 0.6 is 0 Å². The first-order valence-corrected chi connectivity index (χ1v) is 10.3. The number of hydrazine groups is 1. The van der Waals surface area contributed by atoms with E-state index in [1.165, 1.54) is 16.3 Å². The number of nitrogens with one attached hydrogen (secondary N) is 1. The Labute approximate surface area is 165 Å². The van der Waals surface area contributed by atoms with Crippen LogP contribution in [-0.4, -0.2) is 40.9 Å². The van der Waals surface area contributed by atoms with E-state index in [0.29, 0.717) is 11.8 Å². The van der Waals surface area contributed by atoms with Gasteiger partial charge in [0.15, 0.2) is 0 Å². The fourth-order valence-corrected chi connectivity index (χ4v) is 6.01. The molecule has 2 aromatic rings. The molecule has 5 heteroatoms. The van der Waals surface area contributed by atoms with Crippen molar-refractivity contribution in [2.24, 2.45) is 11.8 Å². The zero-order valence-electron chi connectivity index (χ0n) is 16.7. The number of H-pyrrole nitrogens is 1. The highest BCUT2D eigenvalue weighted by molar-refractivity contribution is 6.08. The number of amides is 2. The van der Waals surface area contributed by atoms with E-state index < -0.39 is 0 Å². The second kappa shape index (κ2) is 6.31. The number of nitrogens with zero attached hydrogens (tertiary/aromatic N) is 2. The number of benzene rings is 1. The number of aryl methyl sites for hydroxylation is 1. The van der Waals surface area contributed by atoms with Crippen molar-refractivity contribution in [3.05, 3.63) is 58.9 Å². The summed E-state index contributed by atoms with van der Waals surface area (Å²) in [5.74, 6) is 0.324. The van der Waals surface area contributed by atoms with Crippen LogP contribution in [0.5, 0.6) is 0 Å². The number of fused-ring (bicyclic) bond motifs is 6. The van der Waals surface area contributed by atoms with Gasteiger partial charge in [0.05, 0.1) is 11.8 Å². The molecule has 1 N–H and O–H groups in total. The first-order chi connectivity index (χ1) is 13.5. The molecular weight excluding hydrogens is 350 g/mol. The summed E-state index contributed by atoms with van der Waals surface area (Å²) in [6.07, 6.45) is 3.15. The summed E-state index contributed by atoms with van der Waals surface area (Å²) >= 11 is 0. The largest absolute Gasteiger partial charge is 0.362 e. The first-order valence-electron chi connectivity index (χ1n) is 10.3. The molecule has 5 rings (SSSR count). The topological polar surface area (TPSA) is 56.4 Å². The van der Waals surface area contributed by atoms with Crippen molar-refractivity contribution in [1.82, 2.24) is 15.0 Å². The maximum atomic E-state index is 13.4. The third-order valence-electron chi connectivity index (χ3n) is 7.08. The number of hydrogen-bond donors (Lipinski definition) is 1. The monoisotopic (exact) mass is 377 g/mol. The van der Waals surface area contributed by atoms with Crippen molar-refractivity contribution in [3.63, 3.8) is 0 Å². The maximum absolute atomic E-state index is 13.4. The lowest BCUT2D eigenvalue weighted by molar-refractivity contribution is -0.154. The molecule has 3 aliphatic rings. The van der Waals surface area contributed by atoms with E-state index in [1.807, 2.05) is 13.0 Å². The van der Waals surface area contributed by atoms with Crippen LogP contribution in [-0.2, 0) is 9.59 Å². The molecule has 5 atom stereocenters. The minimum Gasteiger partial charge on any atom is -0.362 e. The maximum Gasteiger partial charge on any atom is 0.252 e. The number of aromatic amines is 1. The Hall–Kier alpha value is -2.40. The van der Waals surface area contributed by atoms with Crippen molar-refractivity contribution >= 4 is 11.8 Å². The average molecular weight is 377 g/mol. The van der Waals surface area contributed by atoms with Gasteiger partial charge < -0.3 is 4.98 Å². The number of hydrogen-bond acceptors (Lipinski definition) is 3. The minimum absolute atomic E-state index is 0.0202. The Morgan fingerprint density at radius 3 is 2.54 bits per heavy atom. The van der Waals surface area contributed by atoms with E-state index in [4.69, 9.17) is 0 Å². The molecule has 1 aromatic carbocycles. The van der Waals surface area contributed by atoms with Crippen molar-refractivity contribution in [2.75, 3.05) is 14.1 Å². The Balaban J connectivity index is 1.58. The third-order valence-corrected chi connectivity index (χ3v) is 7.08. The molecule has 2 aliphatic carbocycles. The van der Waals surface area contributed by atoms with Crippen molar-refractivity contribution in [2.45, 2.75) is 43.9 Å². The molecule has 0 bridgehead atoms. The van der Waals surface area contributed by atoms with E-state index in [2.05, 4.69) is 35.3 Å². The summed E-state index contributed by atoms with van der Waals surface area (Å²) in [4.78, 5) is 30.1. The number of carbonyl (C=O) groups excluding carboxylic acids is 2. The predicted octanol–water partition coefficient (Wildman–Crippen LogP) is 3.55. The lowest BCUT2D eigenvalue weighted by atomic mass is 9.59. The molecule has 5 nitrogen and oxygen atoms in total. The van der Waals surface area contributed by atoms with Gasteiger partial charge in [-0.1, -0.05) is 30.3 Å². The van der Waals surface area contributed by atoms with Crippen LogP contribution in [0.25, 0.3) is 0 Å². The molecule has 0 radical (unpaired) electrons. The van der Waals surface area contributed by atoms with Crippen LogP contribution < -0.4 is 0 Å². The number of carbonyl (C=O) groups is 2. The van der Waals surface area contributed by atoms with E-state index in [9.17, 15) is 9.59 Å². The summed E-state index contributed by atoms with van der Waals surface area (Å²) in [5, 5.41) is 3.02. The average Bonchev–Trinajstić information content (AvgIpc) is 3.19. The molecule has 28 heavy (non-hydrogen) atoms. The fraction of sp³-hybridized carbons (Fsp3) is 0.478. The third kappa shape index (κ3) is 2.42. The molecule has 0 spiro atoms. The van der Waals surface area contributed by atoms with Gasteiger partial charge in [0, 0.05) is 31.4 Å². The molecule has 2 heterocycles. The van der Waals surface area contributed by atoms with Crippen molar-refractivity contribution < 1.29 is 9.59 Å². The van der Waals surface area contributed by atoms with Gasteiger partial charge in [-0.25, -0.2) is 10.0 Å². The van der Waals surface area contributed by atoms with Crippen molar-refractivity contribution in [1.29, 1.82) is 0 Å². The number of rotatable bonds is 2. The second-order valence-corrected chi connectivity index (χ2v) is 8.85. The molecule has 1 aliphatic heterocycles.